The van der Waals surface area contributed by atoms with E-state index in [4.69, 9.17) is 4.74 Å². The molecule has 1 saturated heterocycles. The maximum Gasteiger partial charge on any atom is 0.293 e. The molecule has 146 valence electrons. The standard InChI is InChI=1S/C23H18INO3S/c1-2-28-20-12-9-16-5-3-4-6-18(16)19(20)13-21-22(26)25(23(27)29-21)14-15-7-10-17(24)11-8-15/h3-13H,2,14H2,1H3/b21-13-. The van der Waals surface area contributed by atoms with E-state index in [9.17, 15) is 9.59 Å². The van der Waals surface area contributed by atoms with Crippen molar-refractivity contribution in [3.63, 3.8) is 0 Å². The maximum absolute atomic E-state index is 13.0. The Kier molecular flexibility index (Phi) is 5.91. The number of carbonyl (C=O) groups excluding carboxylic acids is 2. The first kappa shape index (κ1) is 20.0. The lowest BCUT2D eigenvalue weighted by atomic mass is 10.0. The molecule has 1 heterocycles. The molecule has 0 atom stereocenters. The number of fused-ring (bicyclic) bond motifs is 1. The van der Waals surface area contributed by atoms with E-state index in [1.165, 1.54) is 4.90 Å². The Hall–Kier alpha value is -2.32. The first-order valence-electron chi connectivity index (χ1n) is 9.21. The van der Waals surface area contributed by atoms with Crippen LogP contribution in [0, 0.1) is 3.57 Å². The SMILES string of the molecule is CCOc1ccc2ccccc2c1/C=C1\SC(=O)N(Cc2ccc(I)cc2)C1=O. The van der Waals surface area contributed by atoms with E-state index in [-0.39, 0.29) is 17.7 Å². The van der Waals surface area contributed by atoms with E-state index in [0.29, 0.717) is 17.3 Å². The molecule has 0 saturated carbocycles. The second-order valence-electron chi connectivity index (χ2n) is 6.53. The number of amides is 2. The van der Waals surface area contributed by atoms with Crippen molar-refractivity contribution in [3.8, 4) is 5.75 Å². The number of thioether (sulfide) groups is 1. The zero-order valence-corrected chi connectivity index (χ0v) is 18.7. The second kappa shape index (κ2) is 8.59. The molecular weight excluding hydrogens is 497 g/mol. The van der Waals surface area contributed by atoms with E-state index in [0.717, 1.165) is 37.2 Å². The highest BCUT2D eigenvalue weighted by atomic mass is 127. The van der Waals surface area contributed by atoms with Crippen LogP contribution in [-0.4, -0.2) is 22.7 Å². The summed E-state index contributed by atoms with van der Waals surface area (Å²) in [5.74, 6) is 0.435. The smallest absolute Gasteiger partial charge is 0.293 e. The summed E-state index contributed by atoms with van der Waals surface area (Å²) < 4.78 is 6.90. The molecule has 0 N–H and O–H groups in total. The van der Waals surface area contributed by atoms with Crippen molar-refractivity contribution in [2.45, 2.75) is 13.5 Å². The molecule has 4 nitrogen and oxygen atoms in total. The van der Waals surface area contributed by atoms with Gasteiger partial charge in [0.2, 0.25) is 0 Å². The summed E-state index contributed by atoms with van der Waals surface area (Å²) in [5.41, 5.74) is 1.75. The minimum absolute atomic E-state index is 0.252. The van der Waals surface area contributed by atoms with Crippen molar-refractivity contribution in [1.29, 1.82) is 0 Å². The highest BCUT2D eigenvalue weighted by Gasteiger charge is 2.35. The number of ether oxygens (including phenoxy) is 1. The first-order chi connectivity index (χ1) is 14.1. The van der Waals surface area contributed by atoms with Crippen molar-refractivity contribution in [2.24, 2.45) is 0 Å². The number of carbonyl (C=O) groups is 2. The molecule has 1 fully saturated rings. The molecule has 6 heteroatoms. The van der Waals surface area contributed by atoms with Crippen LogP contribution in [0.1, 0.15) is 18.1 Å². The summed E-state index contributed by atoms with van der Waals surface area (Å²) in [6, 6.07) is 19.7. The summed E-state index contributed by atoms with van der Waals surface area (Å²) in [4.78, 5) is 27.2. The van der Waals surface area contributed by atoms with Gasteiger partial charge < -0.3 is 4.74 Å². The van der Waals surface area contributed by atoms with Crippen LogP contribution in [0.15, 0.2) is 65.6 Å². The van der Waals surface area contributed by atoms with E-state index in [2.05, 4.69) is 22.6 Å². The van der Waals surface area contributed by atoms with Gasteiger partial charge in [-0.2, -0.15) is 0 Å². The summed E-state index contributed by atoms with van der Waals surface area (Å²) in [7, 11) is 0. The molecule has 3 aromatic rings. The third kappa shape index (κ3) is 4.18. The lowest BCUT2D eigenvalue weighted by molar-refractivity contribution is -0.123. The Morgan fingerprint density at radius 3 is 2.55 bits per heavy atom. The van der Waals surface area contributed by atoms with Gasteiger partial charge in [0, 0.05) is 9.13 Å². The van der Waals surface area contributed by atoms with Crippen LogP contribution in [0.4, 0.5) is 4.79 Å². The average molecular weight is 515 g/mol. The normalized spacial score (nSPS) is 15.5. The number of rotatable bonds is 5. The predicted molar refractivity (Wildman–Crippen MR) is 126 cm³/mol. The number of nitrogens with zero attached hydrogens (tertiary/aromatic N) is 1. The van der Waals surface area contributed by atoms with Crippen LogP contribution in [0.2, 0.25) is 0 Å². The molecule has 0 aromatic heterocycles. The van der Waals surface area contributed by atoms with Gasteiger partial charge in [0.25, 0.3) is 11.1 Å². The molecule has 2 amide bonds. The largest absolute Gasteiger partial charge is 0.493 e. The minimum atomic E-state index is -0.270. The highest BCUT2D eigenvalue weighted by molar-refractivity contribution is 14.1. The number of hydrogen-bond acceptors (Lipinski definition) is 4. The Balaban J connectivity index is 1.70. The van der Waals surface area contributed by atoms with E-state index in [1.807, 2.05) is 67.6 Å². The van der Waals surface area contributed by atoms with Gasteiger partial charge in [-0.15, -0.1) is 0 Å². The van der Waals surface area contributed by atoms with Crippen molar-refractivity contribution in [1.82, 2.24) is 4.90 Å². The van der Waals surface area contributed by atoms with Gasteiger partial charge in [-0.05, 0) is 81.9 Å². The summed E-state index contributed by atoms with van der Waals surface area (Å²) in [5, 5.41) is 1.79. The lowest BCUT2D eigenvalue weighted by Gasteiger charge is -2.13. The Bertz CT molecular complexity index is 1120. The molecule has 1 aliphatic rings. The van der Waals surface area contributed by atoms with Gasteiger partial charge in [-0.25, -0.2) is 0 Å². The number of hydrogen-bond donors (Lipinski definition) is 0. The number of halogens is 1. The van der Waals surface area contributed by atoms with Crippen LogP contribution in [0.5, 0.6) is 5.75 Å². The topological polar surface area (TPSA) is 46.6 Å². The second-order valence-corrected chi connectivity index (χ2v) is 8.76. The fourth-order valence-electron chi connectivity index (χ4n) is 3.25. The van der Waals surface area contributed by atoms with Crippen molar-refractivity contribution in [2.75, 3.05) is 6.61 Å². The summed E-state index contributed by atoms with van der Waals surface area (Å²) in [6.45, 7) is 2.72. The van der Waals surface area contributed by atoms with E-state index < -0.39 is 0 Å². The molecule has 0 unspecified atom stereocenters. The molecule has 0 bridgehead atoms. The average Bonchev–Trinajstić information content (AvgIpc) is 2.99. The van der Waals surface area contributed by atoms with E-state index >= 15 is 0 Å². The predicted octanol–water partition coefficient (Wildman–Crippen LogP) is 6.08. The van der Waals surface area contributed by atoms with Crippen molar-refractivity contribution < 1.29 is 14.3 Å². The molecule has 4 rings (SSSR count). The van der Waals surface area contributed by atoms with Crippen molar-refractivity contribution >= 4 is 62.3 Å². The molecule has 0 radical (unpaired) electrons. The third-order valence-electron chi connectivity index (χ3n) is 4.63. The van der Waals surface area contributed by atoms with Gasteiger partial charge in [0.15, 0.2) is 0 Å². The third-order valence-corrected chi connectivity index (χ3v) is 6.26. The Morgan fingerprint density at radius 1 is 1.03 bits per heavy atom. The quantitative estimate of drug-likeness (QED) is 0.305. The Labute approximate surface area is 187 Å². The molecule has 29 heavy (non-hydrogen) atoms. The minimum Gasteiger partial charge on any atom is -0.493 e. The summed E-state index contributed by atoms with van der Waals surface area (Å²) >= 11 is 3.20. The molecular formula is C23H18INO3S. The molecule has 3 aromatic carbocycles. The lowest BCUT2D eigenvalue weighted by Crippen LogP contribution is -2.27. The molecule has 0 spiro atoms. The van der Waals surface area contributed by atoms with Gasteiger partial charge in [-0.1, -0.05) is 42.5 Å². The van der Waals surface area contributed by atoms with Crippen molar-refractivity contribution in [3.05, 3.63) is 80.3 Å². The maximum atomic E-state index is 13.0. The zero-order chi connectivity index (χ0) is 20.4. The Morgan fingerprint density at radius 2 is 1.79 bits per heavy atom. The van der Waals surface area contributed by atoms with Gasteiger partial charge >= 0.3 is 0 Å². The molecule has 0 aliphatic carbocycles. The van der Waals surface area contributed by atoms with Gasteiger partial charge in [-0.3, -0.25) is 14.5 Å². The fourth-order valence-corrected chi connectivity index (χ4v) is 4.43. The van der Waals surface area contributed by atoms with Crippen LogP contribution >= 0.6 is 34.4 Å². The van der Waals surface area contributed by atoms with E-state index in [1.54, 1.807) is 6.08 Å². The van der Waals surface area contributed by atoms with Crippen LogP contribution in [0.3, 0.4) is 0 Å². The molecule has 1 aliphatic heterocycles. The number of imide groups is 1. The number of benzene rings is 3. The van der Waals surface area contributed by atoms with Crippen LogP contribution in [-0.2, 0) is 11.3 Å². The van der Waals surface area contributed by atoms with Gasteiger partial charge in [0.05, 0.1) is 18.1 Å². The first-order valence-corrected chi connectivity index (χ1v) is 11.1. The van der Waals surface area contributed by atoms with Crippen LogP contribution < -0.4 is 4.74 Å². The van der Waals surface area contributed by atoms with Gasteiger partial charge in [0.1, 0.15) is 5.75 Å². The summed E-state index contributed by atoms with van der Waals surface area (Å²) in [6.07, 6.45) is 1.78. The fraction of sp³-hybridized carbons (Fsp3) is 0.130. The zero-order valence-electron chi connectivity index (χ0n) is 15.7. The highest BCUT2D eigenvalue weighted by Crippen LogP contribution is 2.37. The monoisotopic (exact) mass is 515 g/mol. The van der Waals surface area contributed by atoms with Crippen LogP contribution in [0.25, 0.3) is 16.8 Å².